The van der Waals surface area contributed by atoms with Gasteiger partial charge < -0.3 is 9.88 Å². The maximum absolute atomic E-state index is 12.4. The second-order valence-electron chi connectivity index (χ2n) is 6.87. The Hall–Kier alpha value is -1.53. The Labute approximate surface area is 157 Å². The molecule has 1 aromatic heterocycles. The van der Waals surface area contributed by atoms with Crippen LogP contribution < -0.4 is 5.32 Å². The zero-order chi connectivity index (χ0) is 18.1. The van der Waals surface area contributed by atoms with Gasteiger partial charge in [-0.2, -0.15) is 0 Å². The monoisotopic (exact) mass is 378 g/mol. The summed E-state index contributed by atoms with van der Waals surface area (Å²) in [5.41, 5.74) is 2.73. The molecule has 2 aromatic rings. The van der Waals surface area contributed by atoms with E-state index in [1.807, 2.05) is 26.0 Å². The average Bonchev–Trinajstić information content (AvgIpc) is 3.27. The highest BCUT2D eigenvalue weighted by molar-refractivity contribution is 7.99. The number of nitrogens with zero attached hydrogens (tertiary/aromatic N) is 3. The second kappa shape index (κ2) is 7.38. The Balaban J connectivity index is 1.67. The van der Waals surface area contributed by atoms with E-state index in [0.717, 1.165) is 34.9 Å². The van der Waals surface area contributed by atoms with E-state index in [1.54, 1.807) is 0 Å². The van der Waals surface area contributed by atoms with Crippen LogP contribution in [-0.4, -0.2) is 26.4 Å². The Morgan fingerprint density at radius 2 is 2.08 bits per heavy atom. The fourth-order valence-corrected chi connectivity index (χ4v) is 4.02. The fraction of sp³-hybridized carbons (Fsp3) is 0.500. The zero-order valence-electron chi connectivity index (χ0n) is 15.0. The lowest BCUT2D eigenvalue weighted by Gasteiger charge is -2.12. The average molecular weight is 379 g/mol. The van der Waals surface area contributed by atoms with Gasteiger partial charge in [-0.05, 0) is 43.9 Å². The van der Waals surface area contributed by atoms with Crippen LogP contribution in [0, 0.1) is 13.8 Å². The smallest absolute Gasteiger partial charge is 0.234 e. The number of thioether (sulfide) groups is 1. The molecule has 0 atom stereocenters. The molecule has 0 unspecified atom stereocenters. The van der Waals surface area contributed by atoms with Crippen LogP contribution in [0.3, 0.4) is 0 Å². The summed E-state index contributed by atoms with van der Waals surface area (Å²) in [6.45, 7) is 8.16. The standard InChI is InChI=1S/C18H23ClN4OS/c1-10(2)17-21-22-18(23(17)13-5-6-13)25-9-15(24)20-16-12(4)7-11(3)8-14(16)19/h7-8,10,13H,5-6,9H2,1-4H3,(H,20,24). The van der Waals surface area contributed by atoms with E-state index in [1.165, 1.54) is 11.8 Å². The molecule has 1 fully saturated rings. The molecule has 0 spiro atoms. The van der Waals surface area contributed by atoms with Gasteiger partial charge in [-0.25, -0.2) is 0 Å². The van der Waals surface area contributed by atoms with Crippen LogP contribution in [0.2, 0.25) is 5.02 Å². The number of hydrogen-bond donors (Lipinski definition) is 1. The highest BCUT2D eigenvalue weighted by atomic mass is 35.5. The molecule has 7 heteroatoms. The summed E-state index contributed by atoms with van der Waals surface area (Å²) in [5, 5.41) is 12.9. The zero-order valence-corrected chi connectivity index (χ0v) is 16.5. The van der Waals surface area contributed by atoms with Crippen LogP contribution in [0.5, 0.6) is 0 Å². The minimum absolute atomic E-state index is 0.0877. The predicted octanol–water partition coefficient (Wildman–Crippen LogP) is 4.74. The first-order valence-electron chi connectivity index (χ1n) is 8.51. The van der Waals surface area contributed by atoms with Crippen molar-refractivity contribution in [1.29, 1.82) is 0 Å². The highest BCUT2D eigenvalue weighted by Crippen LogP contribution is 2.40. The number of hydrogen-bond acceptors (Lipinski definition) is 4. The van der Waals surface area contributed by atoms with Crippen LogP contribution in [-0.2, 0) is 4.79 Å². The Kier molecular flexibility index (Phi) is 5.39. The number of anilines is 1. The van der Waals surface area contributed by atoms with Crippen molar-refractivity contribution in [2.45, 2.75) is 57.7 Å². The van der Waals surface area contributed by atoms with Gasteiger partial charge in [0.15, 0.2) is 5.16 Å². The van der Waals surface area contributed by atoms with E-state index in [0.29, 0.717) is 22.7 Å². The van der Waals surface area contributed by atoms with E-state index in [2.05, 4.69) is 33.9 Å². The number of amides is 1. The lowest BCUT2D eigenvalue weighted by Crippen LogP contribution is -2.16. The Morgan fingerprint density at radius 3 is 2.68 bits per heavy atom. The molecular weight excluding hydrogens is 356 g/mol. The summed E-state index contributed by atoms with van der Waals surface area (Å²) in [5.74, 6) is 1.52. The quantitative estimate of drug-likeness (QED) is 0.737. The van der Waals surface area contributed by atoms with Crippen molar-refractivity contribution < 1.29 is 4.79 Å². The number of carbonyl (C=O) groups excluding carboxylic acids is 1. The van der Waals surface area contributed by atoms with Gasteiger partial charge in [-0.15, -0.1) is 10.2 Å². The van der Waals surface area contributed by atoms with E-state index in [4.69, 9.17) is 11.6 Å². The first-order chi connectivity index (χ1) is 11.9. The van der Waals surface area contributed by atoms with Crippen molar-refractivity contribution in [3.8, 4) is 0 Å². The molecule has 3 rings (SSSR count). The summed E-state index contributed by atoms with van der Waals surface area (Å²) >= 11 is 7.69. The molecule has 1 aromatic carbocycles. The van der Waals surface area contributed by atoms with Crippen molar-refractivity contribution in [2.24, 2.45) is 0 Å². The van der Waals surface area contributed by atoms with Crippen molar-refractivity contribution in [1.82, 2.24) is 14.8 Å². The van der Waals surface area contributed by atoms with Crippen molar-refractivity contribution in [3.05, 3.63) is 34.1 Å². The molecule has 5 nitrogen and oxygen atoms in total. The number of benzene rings is 1. The molecule has 1 saturated carbocycles. The van der Waals surface area contributed by atoms with Gasteiger partial charge in [0.1, 0.15) is 5.82 Å². The first-order valence-corrected chi connectivity index (χ1v) is 9.87. The third-order valence-corrected chi connectivity index (χ3v) is 5.39. The third kappa shape index (κ3) is 4.18. The SMILES string of the molecule is Cc1cc(C)c(NC(=O)CSc2nnc(C(C)C)n2C2CC2)c(Cl)c1. The molecule has 134 valence electrons. The van der Waals surface area contributed by atoms with Gasteiger partial charge in [0, 0.05) is 12.0 Å². The predicted molar refractivity (Wildman–Crippen MR) is 103 cm³/mol. The molecule has 1 aliphatic carbocycles. The summed E-state index contributed by atoms with van der Waals surface area (Å²) in [6, 6.07) is 4.36. The van der Waals surface area contributed by atoms with Crippen LogP contribution in [0.15, 0.2) is 17.3 Å². The lowest BCUT2D eigenvalue weighted by atomic mass is 10.1. The number of halogens is 1. The van der Waals surface area contributed by atoms with Crippen LogP contribution in [0.1, 0.15) is 55.6 Å². The van der Waals surface area contributed by atoms with Gasteiger partial charge in [-0.1, -0.05) is 43.3 Å². The number of rotatable bonds is 6. The summed E-state index contributed by atoms with van der Waals surface area (Å²) < 4.78 is 2.20. The fourth-order valence-electron chi connectivity index (χ4n) is 2.84. The summed E-state index contributed by atoms with van der Waals surface area (Å²) in [4.78, 5) is 12.4. The number of aryl methyl sites for hydroxylation is 2. The summed E-state index contributed by atoms with van der Waals surface area (Å²) in [6.07, 6.45) is 2.32. The van der Waals surface area contributed by atoms with E-state index in [-0.39, 0.29) is 11.7 Å². The molecule has 1 N–H and O–H groups in total. The molecule has 0 saturated heterocycles. The molecule has 1 aliphatic rings. The van der Waals surface area contributed by atoms with E-state index < -0.39 is 0 Å². The van der Waals surface area contributed by atoms with Gasteiger partial charge in [0.25, 0.3) is 0 Å². The van der Waals surface area contributed by atoms with Crippen LogP contribution in [0.25, 0.3) is 0 Å². The van der Waals surface area contributed by atoms with Gasteiger partial charge in [-0.3, -0.25) is 4.79 Å². The first kappa shape index (κ1) is 18.3. The van der Waals surface area contributed by atoms with Crippen LogP contribution >= 0.6 is 23.4 Å². The Bertz CT molecular complexity index is 775. The second-order valence-corrected chi connectivity index (χ2v) is 8.22. The maximum atomic E-state index is 12.4. The van der Waals surface area contributed by atoms with Crippen molar-refractivity contribution in [2.75, 3.05) is 11.1 Å². The molecule has 1 amide bonds. The summed E-state index contributed by atoms with van der Waals surface area (Å²) in [7, 11) is 0. The minimum Gasteiger partial charge on any atom is -0.324 e. The molecule has 0 radical (unpaired) electrons. The number of carbonyl (C=O) groups is 1. The largest absolute Gasteiger partial charge is 0.324 e. The van der Waals surface area contributed by atoms with Gasteiger partial charge in [0.2, 0.25) is 5.91 Å². The van der Waals surface area contributed by atoms with Gasteiger partial charge in [0.05, 0.1) is 16.5 Å². The van der Waals surface area contributed by atoms with Gasteiger partial charge >= 0.3 is 0 Å². The molecule has 0 bridgehead atoms. The van der Waals surface area contributed by atoms with E-state index in [9.17, 15) is 4.79 Å². The number of nitrogens with one attached hydrogen (secondary N) is 1. The molecule has 0 aliphatic heterocycles. The maximum Gasteiger partial charge on any atom is 0.234 e. The van der Waals surface area contributed by atoms with Crippen molar-refractivity contribution >= 4 is 35.0 Å². The lowest BCUT2D eigenvalue weighted by molar-refractivity contribution is -0.113. The third-order valence-electron chi connectivity index (χ3n) is 4.15. The van der Waals surface area contributed by atoms with Crippen molar-refractivity contribution in [3.63, 3.8) is 0 Å². The Morgan fingerprint density at radius 1 is 1.36 bits per heavy atom. The molecular formula is C18H23ClN4OS. The molecule has 25 heavy (non-hydrogen) atoms. The number of aromatic nitrogens is 3. The highest BCUT2D eigenvalue weighted by Gasteiger charge is 2.30. The van der Waals surface area contributed by atoms with Crippen LogP contribution in [0.4, 0.5) is 5.69 Å². The topological polar surface area (TPSA) is 59.8 Å². The van der Waals surface area contributed by atoms with E-state index >= 15 is 0 Å². The minimum atomic E-state index is -0.0877. The molecule has 1 heterocycles. The normalized spacial score (nSPS) is 14.2.